The summed E-state index contributed by atoms with van der Waals surface area (Å²) in [5.74, 6) is -2.96. The largest absolute Gasteiger partial charge is 0.398 e. The van der Waals surface area contributed by atoms with Crippen molar-refractivity contribution in [3.05, 3.63) is 53.8 Å². The summed E-state index contributed by atoms with van der Waals surface area (Å²) in [6, 6.07) is 6.91. The van der Waals surface area contributed by atoms with Crippen LogP contribution in [0.5, 0.6) is 0 Å². The number of carbonyl (C=O) groups is 1. The van der Waals surface area contributed by atoms with Gasteiger partial charge in [0, 0.05) is 22.3 Å². The minimum atomic E-state index is -1.05. The third kappa shape index (κ3) is 4.16. The summed E-state index contributed by atoms with van der Waals surface area (Å²) in [4.78, 5) is 12.1. The lowest BCUT2D eigenvalue weighted by Crippen LogP contribution is -2.14. The standard InChI is InChI=1S/C14H11F3N2OS/c15-8-1-4-12(18)13(5-8)21-7-14(20)19-9-2-3-10(16)11(17)6-9/h1-6H,7,18H2,(H,19,20). The van der Waals surface area contributed by atoms with E-state index >= 15 is 0 Å². The van der Waals surface area contributed by atoms with Gasteiger partial charge in [-0.05, 0) is 30.3 Å². The zero-order valence-electron chi connectivity index (χ0n) is 10.7. The number of amides is 1. The van der Waals surface area contributed by atoms with Gasteiger partial charge in [0.25, 0.3) is 0 Å². The highest BCUT2D eigenvalue weighted by Gasteiger charge is 2.09. The molecule has 0 unspecified atom stereocenters. The van der Waals surface area contributed by atoms with E-state index in [2.05, 4.69) is 5.32 Å². The molecule has 0 aliphatic rings. The van der Waals surface area contributed by atoms with E-state index in [1.807, 2.05) is 0 Å². The van der Waals surface area contributed by atoms with Gasteiger partial charge in [0.1, 0.15) is 5.82 Å². The highest BCUT2D eigenvalue weighted by molar-refractivity contribution is 8.00. The Morgan fingerprint density at radius 1 is 1.10 bits per heavy atom. The number of nitrogens with two attached hydrogens (primary N) is 1. The van der Waals surface area contributed by atoms with Crippen molar-refractivity contribution < 1.29 is 18.0 Å². The molecule has 2 aromatic rings. The smallest absolute Gasteiger partial charge is 0.234 e. The third-order valence-electron chi connectivity index (χ3n) is 2.54. The van der Waals surface area contributed by atoms with Crippen LogP contribution >= 0.6 is 11.8 Å². The zero-order valence-corrected chi connectivity index (χ0v) is 11.5. The second-order valence-electron chi connectivity index (χ2n) is 4.15. The zero-order chi connectivity index (χ0) is 15.4. The van der Waals surface area contributed by atoms with E-state index in [4.69, 9.17) is 5.73 Å². The fourth-order valence-electron chi connectivity index (χ4n) is 1.55. The van der Waals surface area contributed by atoms with Crippen LogP contribution in [0, 0.1) is 17.5 Å². The van der Waals surface area contributed by atoms with E-state index in [-0.39, 0.29) is 11.4 Å². The molecule has 2 aromatic carbocycles. The predicted octanol–water partition coefficient (Wildman–Crippen LogP) is 3.42. The maximum Gasteiger partial charge on any atom is 0.234 e. The first-order valence-corrected chi connectivity index (χ1v) is 6.87. The number of rotatable bonds is 4. The van der Waals surface area contributed by atoms with Gasteiger partial charge in [0.15, 0.2) is 11.6 Å². The van der Waals surface area contributed by atoms with Gasteiger partial charge in [-0.3, -0.25) is 4.79 Å². The van der Waals surface area contributed by atoms with Gasteiger partial charge in [-0.2, -0.15) is 0 Å². The molecule has 0 spiro atoms. The van der Waals surface area contributed by atoms with E-state index in [1.165, 1.54) is 24.3 Å². The lowest BCUT2D eigenvalue weighted by Gasteiger charge is -2.07. The number of nitrogens with one attached hydrogen (secondary N) is 1. The average Bonchev–Trinajstić information content (AvgIpc) is 2.44. The molecule has 1 amide bonds. The number of nitrogen functional groups attached to an aromatic ring is 1. The predicted molar refractivity (Wildman–Crippen MR) is 76.5 cm³/mol. The van der Waals surface area contributed by atoms with Gasteiger partial charge in [0.2, 0.25) is 5.91 Å². The number of hydrogen-bond donors (Lipinski definition) is 2. The second kappa shape index (κ2) is 6.53. The fraction of sp³-hybridized carbons (Fsp3) is 0.0714. The van der Waals surface area contributed by atoms with Crippen molar-refractivity contribution >= 4 is 29.0 Å². The summed E-state index contributed by atoms with van der Waals surface area (Å²) in [6.45, 7) is 0. The number of hydrogen-bond acceptors (Lipinski definition) is 3. The highest BCUT2D eigenvalue weighted by atomic mass is 32.2. The molecular formula is C14H11F3N2OS. The molecule has 0 aromatic heterocycles. The lowest BCUT2D eigenvalue weighted by molar-refractivity contribution is -0.113. The van der Waals surface area contributed by atoms with E-state index in [0.717, 1.165) is 23.9 Å². The third-order valence-corrected chi connectivity index (χ3v) is 3.61. The average molecular weight is 312 g/mol. The first-order chi connectivity index (χ1) is 9.95. The van der Waals surface area contributed by atoms with Gasteiger partial charge >= 0.3 is 0 Å². The van der Waals surface area contributed by atoms with Gasteiger partial charge in [-0.1, -0.05) is 0 Å². The molecule has 3 nitrogen and oxygen atoms in total. The van der Waals surface area contributed by atoms with Crippen molar-refractivity contribution in [3.8, 4) is 0 Å². The molecule has 0 aliphatic carbocycles. The topological polar surface area (TPSA) is 55.1 Å². The van der Waals surface area contributed by atoms with Gasteiger partial charge in [-0.15, -0.1) is 11.8 Å². The summed E-state index contributed by atoms with van der Waals surface area (Å²) in [5.41, 5.74) is 6.16. The Morgan fingerprint density at radius 2 is 1.86 bits per heavy atom. The normalized spacial score (nSPS) is 10.4. The summed E-state index contributed by atoms with van der Waals surface area (Å²) in [7, 11) is 0. The van der Waals surface area contributed by atoms with E-state index < -0.39 is 23.4 Å². The van der Waals surface area contributed by atoms with Crippen LogP contribution < -0.4 is 11.1 Å². The monoisotopic (exact) mass is 312 g/mol. The molecule has 0 radical (unpaired) electrons. The number of halogens is 3. The van der Waals surface area contributed by atoms with Crippen LogP contribution in [0.2, 0.25) is 0 Å². The number of thioether (sulfide) groups is 1. The molecule has 0 atom stereocenters. The van der Waals surface area contributed by atoms with Crippen LogP contribution in [-0.2, 0) is 4.79 Å². The van der Waals surface area contributed by atoms with Crippen molar-refractivity contribution in [1.82, 2.24) is 0 Å². The van der Waals surface area contributed by atoms with Crippen molar-refractivity contribution in [1.29, 1.82) is 0 Å². The number of anilines is 2. The maximum atomic E-state index is 13.1. The quantitative estimate of drug-likeness (QED) is 0.672. The van der Waals surface area contributed by atoms with Crippen LogP contribution in [0.1, 0.15) is 0 Å². The molecule has 0 fully saturated rings. The lowest BCUT2D eigenvalue weighted by atomic mass is 10.3. The molecule has 110 valence electrons. The van der Waals surface area contributed by atoms with E-state index in [1.54, 1.807) is 0 Å². The van der Waals surface area contributed by atoms with Crippen molar-refractivity contribution in [2.24, 2.45) is 0 Å². The van der Waals surface area contributed by atoms with E-state index in [9.17, 15) is 18.0 Å². The van der Waals surface area contributed by atoms with E-state index in [0.29, 0.717) is 10.6 Å². The Balaban J connectivity index is 1.95. The Bertz CT molecular complexity index is 679. The maximum absolute atomic E-state index is 13.1. The van der Waals surface area contributed by atoms with Gasteiger partial charge < -0.3 is 11.1 Å². The number of benzene rings is 2. The minimum absolute atomic E-state index is 0.0351. The Hall–Kier alpha value is -2.15. The van der Waals surface area contributed by atoms with Crippen LogP contribution in [0.4, 0.5) is 24.5 Å². The summed E-state index contributed by atoms with van der Waals surface area (Å²) in [6.07, 6.45) is 0. The van der Waals surface area contributed by atoms with Gasteiger partial charge in [0.05, 0.1) is 5.75 Å². The Morgan fingerprint density at radius 3 is 2.57 bits per heavy atom. The first-order valence-electron chi connectivity index (χ1n) is 5.88. The second-order valence-corrected chi connectivity index (χ2v) is 5.17. The molecule has 0 saturated carbocycles. The highest BCUT2D eigenvalue weighted by Crippen LogP contribution is 2.25. The van der Waals surface area contributed by atoms with Gasteiger partial charge in [-0.25, -0.2) is 13.2 Å². The molecule has 21 heavy (non-hydrogen) atoms. The van der Waals surface area contributed by atoms with Crippen molar-refractivity contribution in [2.75, 3.05) is 16.8 Å². The molecule has 7 heteroatoms. The SMILES string of the molecule is Nc1ccc(F)cc1SCC(=O)Nc1ccc(F)c(F)c1. The molecule has 0 bridgehead atoms. The summed E-state index contributed by atoms with van der Waals surface area (Å²) < 4.78 is 38.8. The molecule has 0 saturated heterocycles. The minimum Gasteiger partial charge on any atom is -0.398 e. The van der Waals surface area contributed by atoms with Crippen LogP contribution in [0.15, 0.2) is 41.3 Å². The van der Waals surface area contributed by atoms with Crippen molar-refractivity contribution in [2.45, 2.75) is 4.90 Å². The molecular weight excluding hydrogens is 301 g/mol. The molecule has 0 aliphatic heterocycles. The summed E-state index contributed by atoms with van der Waals surface area (Å²) in [5, 5.41) is 2.41. The Kier molecular flexibility index (Phi) is 4.74. The fourth-order valence-corrected chi connectivity index (χ4v) is 2.34. The van der Waals surface area contributed by atoms with Crippen molar-refractivity contribution in [3.63, 3.8) is 0 Å². The Labute approximate surface area is 123 Å². The van der Waals surface area contributed by atoms with Crippen LogP contribution in [0.25, 0.3) is 0 Å². The first kappa shape index (κ1) is 15.2. The molecule has 3 N–H and O–H groups in total. The molecule has 2 rings (SSSR count). The summed E-state index contributed by atoms with van der Waals surface area (Å²) >= 11 is 1.05. The number of carbonyl (C=O) groups excluding carboxylic acids is 1. The molecule has 0 heterocycles. The van der Waals surface area contributed by atoms with Crippen LogP contribution in [0.3, 0.4) is 0 Å². The van der Waals surface area contributed by atoms with Crippen LogP contribution in [-0.4, -0.2) is 11.7 Å².